The van der Waals surface area contributed by atoms with Gasteiger partial charge in [-0.3, -0.25) is 14.1 Å². The van der Waals surface area contributed by atoms with Crippen LogP contribution in [0.5, 0.6) is 17.2 Å². The highest BCUT2D eigenvalue weighted by Gasteiger charge is 2.30. The Morgan fingerprint density at radius 2 is 1.89 bits per heavy atom. The van der Waals surface area contributed by atoms with E-state index in [9.17, 15) is 13.6 Å². The Morgan fingerprint density at radius 3 is 2.59 bits per heavy atom. The Bertz CT molecular complexity index is 1250. The van der Waals surface area contributed by atoms with Gasteiger partial charge in [-0.25, -0.2) is 4.98 Å². The van der Waals surface area contributed by atoms with E-state index in [0.29, 0.717) is 41.6 Å². The highest BCUT2D eigenvalue weighted by atomic mass is 19.3. The highest BCUT2D eigenvalue weighted by molar-refractivity contribution is 6.02. The van der Waals surface area contributed by atoms with Crippen molar-refractivity contribution in [1.82, 2.24) is 19.2 Å². The first kappa shape index (κ1) is 25.4. The van der Waals surface area contributed by atoms with Crippen molar-refractivity contribution in [3.8, 4) is 28.5 Å². The molecule has 0 atom stereocenters. The molecule has 0 unspecified atom stereocenters. The summed E-state index contributed by atoms with van der Waals surface area (Å²) in [6.07, 6.45) is 5.72. The summed E-state index contributed by atoms with van der Waals surface area (Å²) in [5.41, 5.74) is 1.91. The van der Waals surface area contributed by atoms with Crippen LogP contribution in [0, 0.1) is 5.92 Å². The lowest BCUT2D eigenvalue weighted by molar-refractivity contribution is -0.0502. The molecule has 0 bridgehead atoms. The van der Waals surface area contributed by atoms with Crippen LogP contribution in [0.3, 0.4) is 0 Å². The zero-order valence-corrected chi connectivity index (χ0v) is 21.2. The van der Waals surface area contributed by atoms with Crippen LogP contribution in [-0.2, 0) is 0 Å². The van der Waals surface area contributed by atoms with Crippen LogP contribution in [-0.4, -0.2) is 85.1 Å². The molecule has 0 spiro atoms. The Kier molecular flexibility index (Phi) is 7.57. The molecule has 10 heteroatoms. The number of carbonyl (C=O) groups excluding carboxylic acids is 1. The van der Waals surface area contributed by atoms with E-state index >= 15 is 0 Å². The first-order valence-electron chi connectivity index (χ1n) is 12.6. The van der Waals surface area contributed by atoms with Crippen LogP contribution < -0.4 is 14.2 Å². The predicted octanol–water partition coefficient (Wildman–Crippen LogP) is 4.22. The van der Waals surface area contributed by atoms with E-state index < -0.39 is 6.61 Å². The quantitative estimate of drug-likeness (QED) is 0.355. The molecule has 1 aliphatic carbocycles. The molecule has 5 rings (SSSR count). The van der Waals surface area contributed by atoms with Crippen LogP contribution in [0.2, 0.25) is 0 Å². The van der Waals surface area contributed by atoms with E-state index in [1.54, 1.807) is 12.3 Å². The van der Waals surface area contributed by atoms with Crippen molar-refractivity contribution in [3.05, 3.63) is 42.2 Å². The van der Waals surface area contributed by atoms with Crippen molar-refractivity contribution in [2.75, 3.05) is 53.5 Å². The van der Waals surface area contributed by atoms with Gasteiger partial charge in [-0.2, -0.15) is 8.78 Å². The number of piperazine rings is 1. The van der Waals surface area contributed by atoms with Gasteiger partial charge in [-0.15, -0.1) is 0 Å². The highest BCUT2D eigenvalue weighted by Crippen LogP contribution is 2.40. The van der Waals surface area contributed by atoms with Crippen LogP contribution in [0.25, 0.3) is 16.9 Å². The molecule has 1 aliphatic heterocycles. The smallest absolute Gasteiger partial charge is 0.387 e. The number of likely N-dealkylation sites (N-methyl/N-ethyl adjacent to an activating group) is 1. The summed E-state index contributed by atoms with van der Waals surface area (Å²) >= 11 is 0. The molecule has 1 saturated heterocycles. The number of benzene rings is 1. The number of fused-ring (bicyclic) bond motifs is 1. The van der Waals surface area contributed by atoms with E-state index in [4.69, 9.17) is 14.2 Å². The number of ether oxygens (including phenoxy) is 3. The van der Waals surface area contributed by atoms with Crippen molar-refractivity contribution < 1.29 is 27.8 Å². The fourth-order valence-electron chi connectivity index (χ4n) is 4.68. The van der Waals surface area contributed by atoms with Crippen LogP contribution >= 0.6 is 0 Å². The second-order valence-electron chi connectivity index (χ2n) is 9.73. The van der Waals surface area contributed by atoms with Crippen LogP contribution in [0.4, 0.5) is 8.78 Å². The predicted molar refractivity (Wildman–Crippen MR) is 135 cm³/mol. The average Bonchev–Trinajstić information content (AvgIpc) is 3.59. The van der Waals surface area contributed by atoms with E-state index in [0.717, 1.165) is 45.6 Å². The SMILES string of the molecule is COc1cc(-c2cnc3cc(OCCN4CCN(C)CC4)ccn23)cc(OC(F)F)c1C(=O)CC1CC1. The maximum atomic E-state index is 13.3. The van der Waals surface area contributed by atoms with Crippen molar-refractivity contribution in [2.24, 2.45) is 5.92 Å². The number of nitrogens with zero attached hydrogens (tertiary/aromatic N) is 4. The summed E-state index contributed by atoms with van der Waals surface area (Å²) in [6.45, 7) is 2.57. The molecule has 37 heavy (non-hydrogen) atoms. The molecule has 0 amide bonds. The standard InChI is InChI=1S/C27H32F2N4O4/c1-31-7-9-32(10-8-31)11-12-36-20-5-6-33-21(17-30-25(33)16-20)19-14-23(35-2)26(22(34)13-18-3-4-18)24(15-19)37-27(28)29/h5-6,14-18,27H,3-4,7-13H2,1-2H3. The normalized spacial score (nSPS) is 16.9. The van der Waals surface area contributed by atoms with Gasteiger partial charge in [-0.05, 0) is 44.0 Å². The fraction of sp³-hybridized carbons (Fsp3) is 0.481. The summed E-state index contributed by atoms with van der Waals surface area (Å²) in [4.78, 5) is 22.1. The lowest BCUT2D eigenvalue weighted by Gasteiger charge is -2.32. The van der Waals surface area contributed by atoms with Crippen molar-refractivity contribution in [2.45, 2.75) is 25.9 Å². The summed E-state index contributed by atoms with van der Waals surface area (Å²) in [7, 11) is 3.55. The molecule has 2 fully saturated rings. The summed E-state index contributed by atoms with van der Waals surface area (Å²) in [5.74, 6) is 0.775. The second kappa shape index (κ2) is 11.0. The molecule has 1 saturated carbocycles. The molecular weight excluding hydrogens is 482 g/mol. The van der Waals surface area contributed by atoms with E-state index in [1.165, 1.54) is 13.2 Å². The molecular formula is C27H32F2N4O4. The maximum Gasteiger partial charge on any atom is 0.387 e. The van der Waals surface area contributed by atoms with Gasteiger partial charge in [-0.1, -0.05) is 0 Å². The largest absolute Gasteiger partial charge is 0.496 e. The van der Waals surface area contributed by atoms with Gasteiger partial charge in [0.15, 0.2) is 5.78 Å². The maximum absolute atomic E-state index is 13.3. The number of Topliss-reactive ketones (excluding diaryl/α,β-unsaturated/α-hetero) is 1. The molecule has 198 valence electrons. The van der Waals surface area contributed by atoms with Gasteiger partial charge in [0.2, 0.25) is 0 Å². The van der Waals surface area contributed by atoms with Gasteiger partial charge in [0.25, 0.3) is 0 Å². The molecule has 3 heterocycles. The van der Waals surface area contributed by atoms with Crippen molar-refractivity contribution in [3.63, 3.8) is 0 Å². The Balaban J connectivity index is 1.36. The number of rotatable bonds is 11. The lowest BCUT2D eigenvalue weighted by Crippen LogP contribution is -2.45. The molecule has 8 nitrogen and oxygen atoms in total. The second-order valence-corrected chi connectivity index (χ2v) is 9.73. The van der Waals surface area contributed by atoms with Crippen molar-refractivity contribution >= 4 is 11.4 Å². The van der Waals surface area contributed by atoms with Gasteiger partial charge in [0.05, 0.1) is 19.0 Å². The molecule has 0 radical (unpaired) electrons. The topological polar surface area (TPSA) is 68.5 Å². The van der Waals surface area contributed by atoms with Crippen LogP contribution in [0.1, 0.15) is 29.6 Å². The lowest BCUT2D eigenvalue weighted by atomic mass is 10.00. The molecule has 2 aliphatic rings. The minimum Gasteiger partial charge on any atom is -0.496 e. The van der Waals surface area contributed by atoms with Crippen molar-refractivity contribution in [1.29, 1.82) is 0 Å². The monoisotopic (exact) mass is 514 g/mol. The number of ketones is 1. The van der Waals surface area contributed by atoms with Crippen LogP contribution in [0.15, 0.2) is 36.7 Å². The van der Waals surface area contributed by atoms with E-state index in [-0.39, 0.29) is 22.8 Å². The fourth-order valence-corrected chi connectivity index (χ4v) is 4.68. The third-order valence-corrected chi connectivity index (χ3v) is 7.00. The number of hydrogen-bond donors (Lipinski definition) is 0. The summed E-state index contributed by atoms with van der Waals surface area (Å²) < 4.78 is 44.6. The Hall–Kier alpha value is -3.24. The van der Waals surface area contributed by atoms with Gasteiger partial charge < -0.3 is 19.1 Å². The zero-order chi connectivity index (χ0) is 25.9. The number of carbonyl (C=O) groups is 1. The van der Waals surface area contributed by atoms with E-state index in [1.807, 2.05) is 22.7 Å². The number of hydrogen-bond acceptors (Lipinski definition) is 7. The van der Waals surface area contributed by atoms with Gasteiger partial charge in [0, 0.05) is 57.0 Å². The van der Waals surface area contributed by atoms with Gasteiger partial charge >= 0.3 is 6.61 Å². The van der Waals surface area contributed by atoms with Gasteiger partial charge in [0.1, 0.15) is 35.1 Å². The Morgan fingerprint density at radius 1 is 1.14 bits per heavy atom. The average molecular weight is 515 g/mol. The molecule has 0 N–H and O–H groups in total. The minimum absolute atomic E-state index is 0.0586. The number of aromatic nitrogens is 2. The molecule has 3 aromatic rings. The first-order valence-corrected chi connectivity index (χ1v) is 12.6. The Labute approximate surface area is 214 Å². The number of methoxy groups -OCH3 is 1. The zero-order valence-electron chi connectivity index (χ0n) is 21.2. The number of pyridine rings is 1. The number of halogens is 2. The van der Waals surface area contributed by atoms with E-state index in [2.05, 4.69) is 21.8 Å². The first-order chi connectivity index (χ1) is 17.9. The summed E-state index contributed by atoms with van der Waals surface area (Å²) in [6, 6.07) is 6.82. The summed E-state index contributed by atoms with van der Waals surface area (Å²) in [5, 5.41) is 0. The molecule has 2 aromatic heterocycles. The third kappa shape index (κ3) is 6.02. The minimum atomic E-state index is -3.07. The molecule has 1 aromatic carbocycles. The number of imidazole rings is 1. The third-order valence-electron chi connectivity index (χ3n) is 7.00. The number of alkyl halides is 2.